The molecular formula is C17H21N3O4. The van der Waals surface area contributed by atoms with E-state index in [0.29, 0.717) is 6.42 Å². The smallest absolute Gasteiger partial charge is 0.326 e. The van der Waals surface area contributed by atoms with Gasteiger partial charge in [-0.2, -0.15) is 5.10 Å². The van der Waals surface area contributed by atoms with Gasteiger partial charge in [-0.25, -0.2) is 9.48 Å². The number of hydrogen-bond donors (Lipinski definition) is 2. The molecule has 128 valence electrons. The number of aliphatic carboxylic acids is 1. The van der Waals surface area contributed by atoms with Crippen molar-refractivity contribution < 1.29 is 19.4 Å². The highest BCUT2D eigenvalue weighted by atomic mass is 16.5. The summed E-state index contributed by atoms with van der Waals surface area (Å²) in [5.74, 6) is -0.804. The lowest BCUT2D eigenvalue weighted by Crippen LogP contribution is -2.40. The average Bonchev–Trinajstić information content (AvgIpc) is 3.08. The largest absolute Gasteiger partial charge is 0.497 e. The van der Waals surface area contributed by atoms with Gasteiger partial charge < -0.3 is 15.2 Å². The van der Waals surface area contributed by atoms with Gasteiger partial charge in [0.2, 0.25) is 0 Å². The van der Waals surface area contributed by atoms with Crippen LogP contribution in [0.5, 0.6) is 5.75 Å². The van der Waals surface area contributed by atoms with Gasteiger partial charge in [-0.1, -0.05) is 19.8 Å². The Morgan fingerprint density at radius 3 is 2.58 bits per heavy atom. The van der Waals surface area contributed by atoms with Gasteiger partial charge in [-0.15, -0.1) is 0 Å². The van der Waals surface area contributed by atoms with Crippen LogP contribution in [0.3, 0.4) is 0 Å². The Balaban J connectivity index is 2.08. The van der Waals surface area contributed by atoms with Gasteiger partial charge in [0.05, 0.1) is 12.8 Å². The molecule has 0 aliphatic heterocycles. The van der Waals surface area contributed by atoms with E-state index in [0.717, 1.165) is 24.3 Å². The zero-order valence-electron chi connectivity index (χ0n) is 13.7. The maximum Gasteiger partial charge on any atom is 0.326 e. The van der Waals surface area contributed by atoms with Crippen LogP contribution < -0.4 is 10.1 Å². The monoisotopic (exact) mass is 331 g/mol. The van der Waals surface area contributed by atoms with Crippen LogP contribution in [-0.4, -0.2) is 39.9 Å². The number of benzene rings is 1. The third-order valence-corrected chi connectivity index (χ3v) is 3.61. The highest BCUT2D eigenvalue weighted by Gasteiger charge is 2.21. The first-order chi connectivity index (χ1) is 11.5. The molecule has 2 aromatic rings. The molecule has 1 heterocycles. The van der Waals surface area contributed by atoms with Crippen LogP contribution in [0, 0.1) is 0 Å². The molecule has 0 bridgehead atoms. The lowest BCUT2D eigenvalue weighted by atomic mass is 10.1. The van der Waals surface area contributed by atoms with E-state index in [9.17, 15) is 14.7 Å². The highest BCUT2D eigenvalue weighted by molar-refractivity contribution is 5.94. The molecule has 7 nitrogen and oxygen atoms in total. The number of ether oxygens (including phenoxy) is 1. The summed E-state index contributed by atoms with van der Waals surface area (Å²) in [4.78, 5) is 23.4. The van der Waals surface area contributed by atoms with E-state index < -0.39 is 17.9 Å². The molecule has 24 heavy (non-hydrogen) atoms. The standard InChI is InChI=1S/C17H21N3O4/c1-3-4-5-15(17(22)23)18-16(21)14-10-11-20(19-14)12-6-8-13(24-2)9-7-12/h6-11,15H,3-5H2,1-2H3,(H,18,21)(H,22,23)/t15-/m0/s1. The topological polar surface area (TPSA) is 93.5 Å². The van der Waals surface area contributed by atoms with Crippen LogP contribution in [0.15, 0.2) is 36.5 Å². The number of carbonyl (C=O) groups is 2. The van der Waals surface area contributed by atoms with Crippen molar-refractivity contribution in [3.8, 4) is 11.4 Å². The summed E-state index contributed by atoms with van der Waals surface area (Å²) in [6.45, 7) is 1.97. The fourth-order valence-corrected chi connectivity index (χ4v) is 2.22. The van der Waals surface area contributed by atoms with Crippen LogP contribution in [0.4, 0.5) is 0 Å². The number of methoxy groups -OCH3 is 1. The van der Waals surface area contributed by atoms with Crippen LogP contribution in [-0.2, 0) is 4.79 Å². The van der Waals surface area contributed by atoms with E-state index in [4.69, 9.17) is 4.74 Å². The summed E-state index contributed by atoms with van der Waals surface area (Å²) in [5, 5.41) is 15.9. The molecule has 0 radical (unpaired) electrons. The summed E-state index contributed by atoms with van der Waals surface area (Å²) in [6, 6.07) is 7.87. The van der Waals surface area contributed by atoms with Gasteiger partial charge in [-0.3, -0.25) is 4.79 Å². The lowest BCUT2D eigenvalue weighted by molar-refractivity contribution is -0.139. The van der Waals surface area contributed by atoms with Gasteiger partial charge in [-0.05, 0) is 36.8 Å². The molecular weight excluding hydrogens is 310 g/mol. The van der Waals surface area contributed by atoms with Crippen molar-refractivity contribution in [1.82, 2.24) is 15.1 Å². The number of carboxylic acid groups (broad SMARTS) is 1. The van der Waals surface area contributed by atoms with Gasteiger partial charge in [0.25, 0.3) is 5.91 Å². The number of amides is 1. The number of carboxylic acids is 1. The van der Waals surface area contributed by atoms with Gasteiger partial charge in [0.15, 0.2) is 5.69 Å². The fraction of sp³-hybridized carbons (Fsp3) is 0.353. The average molecular weight is 331 g/mol. The van der Waals surface area contributed by atoms with E-state index >= 15 is 0 Å². The van der Waals surface area contributed by atoms with Crippen molar-refractivity contribution >= 4 is 11.9 Å². The normalized spacial score (nSPS) is 11.8. The number of nitrogens with one attached hydrogen (secondary N) is 1. The van der Waals surface area contributed by atoms with E-state index in [1.807, 2.05) is 19.1 Å². The van der Waals surface area contributed by atoms with Crippen LogP contribution >= 0.6 is 0 Å². The van der Waals surface area contributed by atoms with Gasteiger partial charge in [0.1, 0.15) is 11.8 Å². The van der Waals surface area contributed by atoms with Crippen molar-refractivity contribution in [2.24, 2.45) is 0 Å². The molecule has 0 unspecified atom stereocenters. The Morgan fingerprint density at radius 1 is 1.29 bits per heavy atom. The SMILES string of the molecule is CCCC[C@H](NC(=O)c1ccn(-c2ccc(OC)cc2)n1)C(=O)O. The number of nitrogens with zero attached hydrogens (tertiary/aromatic N) is 2. The Labute approximate surface area is 140 Å². The zero-order chi connectivity index (χ0) is 17.5. The third-order valence-electron chi connectivity index (χ3n) is 3.61. The molecule has 0 fully saturated rings. The number of hydrogen-bond acceptors (Lipinski definition) is 4. The predicted octanol–water partition coefficient (Wildman–Crippen LogP) is 2.25. The van der Waals surface area contributed by atoms with E-state index in [2.05, 4.69) is 10.4 Å². The molecule has 2 N–H and O–H groups in total. The second-order valence-corrected chi connectivity index (χ2v) is 5.35. The molecule has 0 saturated carbocycles. The second-order valence-electron chi connectivity index (χ2n) is 5.35. The molecule has 1 aromatic heterocycles. The van der Waals surface area contributed by atoms with Crippen molar-refractivity contribution in [2.45, 2.75) is 32.2 Å². The second kappa shape index (κ2) is 8.14. The fourth-order valence-electron chi connectivity index (χ4n) is 2.22. The number of aromatic nitrogens is 2. The molecule has 1 atom stereocenters. The minimum Gasteiger partial charge on any atom is -0.497 e. The minimum absolute atomic E-state index is 0.175. The van der Waals surface area contributed by atoms with E-state index in [1.165, 1.54) is 0 Å². The summed E-state index contributed by atoms with van der Waals surface area (Å²) >= 11 is 0. The van der Waals surface area contributed by atoms with E-state index in [1.54, 1.807) is 36.2 Å². The van der Waals surface area contributed by atoms with Crippen LogP contribution in [0.1, 0.15) is 36.7 Å². The lowest BCUT2D eigenvalue weighted by Gasteiger charge is -2.12. The van der Waals surface area contributed by atoms with Gasteiger partial charge in [0, 0.05) is 6.20 Å². The summed E-state index contributed by atoms with van der Waals surface area (Å²) in [5.41, 5.74) is 0.948. The maximum absolute atomic E-state index is 12.2. The molecule has 2 rings (SSSR count). The first kappa shape index (κ1) is 17.5. The Morgan fingerprint density at radius 2 is 2.00 bits per heavy atom. The van der Waals surface area contributed by atoms with Crippen LogP contribution in [0.25, 0.3) is 5.69 Å². The molecule has 1 amide bonds. The molecule has 0 spiro atoms. The molecule has 7 heteroatoms. The number of carbonyl (C=O) groups excluding carboxylic acids is 1. The first-order valence-electron chi connectivity index (χ1n) is 7.79. The van der Waals surface area contributed by atoms with Gasteiger partial charge >= 0.3 is 5.97 Å². The summed E-state index contributed by atoms with van der Waals surface area (Å²) in [6.07, 6.45) is 3.65. The number of rotatable bonds is 8. The molecule has 0 aliphatic carbocycles. The Bertz CT molecular complexity index is 694. The quantitative estimate of drug-likeness (QED) is 0.774. The van der Waals surface area contributed by atoms with Crippen molar-refractivity contribution in [3.63, 3.8) is 0 Å². The first-order valence-corrected chi connectivity index (χ1v) is 7.79. The third kappa shape index (κ3) is 4.34. The molecule has 0 saturated heterocycles. The summed E-state index contributed by atoms with van der Waals surface area (Å²) < 4.78 is 6.65. The van der Waals surface area contributed by atoms with E-state index in [-0.39, 0.29) is 5.69 Å². The van der Waals surface area contributed by atoms with Crippen LogP contribution in [0.2, 0.25) is 0 Å². The minimum atomic E-state index is -1.04. The van der Waals surface area contributed by atoms with Crippen molar-refractivity contribution in [3.05, 3.63) is 42.2 Å². The Hall–Kier alpha value is -2.83. The zero-order valence-corrected chi connectivity index (χ0v) is 13.7. The Kier molecular flexibility index (Phi) is 5.95. The summed E-state index contributed by atoms with van der Waals surface area (Å²) in [7, 11) is 1.59. The molecule has 0 aliphatic rings. The van der Waals surface area contributed by atoms with Crippen molar-refractivity contribution in [1.29, 1.82) is 0 Å². The molecule has 1 aromatic carbocycles. The maximum atomic E-state index is 12.2. The van der Waals surface area contributed by atoms with Crippen molar-refractivity contribution in [2.75, 3.05) is 7.11 Å². The predicted molar refractivity (Wildman–Crippen MR) is 88.5 cm³/mol. The highest BCUT2D eigenvalue weighted by Crippen LogP contribution is 2.14. The number of unbranched alkanes of at least 4 members (excludes halogenated alkanes) is 1.